The van der Waals surface area contributed by atoms with Gasteiger partial charge in [-0.05, 0) is 38.0 Å². The predicted octanol–water partition coefficient (Wildman–Crippen LogP) is 6.99. The minimum absolute atomic E-state index is 0.180. The molecule has 1 N–H and O–H groups in total. The van der Waals surface area contributed by atoms with Crippen molar-refractivity contribution in [3.63, 3.8) is 0 Å². The maximum absolute atomic E-state index is 11.0. The molecular weight excluding hydrogens is 404 g/mol. The summed E-state index contributed by atoms with van der Waals surface area (Å²) in [6.07, 6.45) is 5.95. The predicted molar refractivity (Wildman–Crippen MR) is 129 cm³/mol. The average Bonchev–Trinajstić information content (AvgIpc) is 3.11. The smallest absolute Gasteiger partial charge is 0.303 e. The lowest BCUT2D eigenvalue weighted by atomic mass is 10.0. The van der Waals surface area contributed by atoms with Gasteiger partial charge in [0.15, 0.2) is 0 Å². The number of benzene rings is 2. The summed E-state index contributed by atoms with van der Waals surface area (Å²) >= 11 is 1.64. The Morgan fingerprint density at radius 2 is 1.74 bits per heavy atom. The zero-order valence-electron chi connectivity index (χ0n) is 17.6. The molecule has 1 aliphatic heterocycles. The van der Waals surface area contributed by atoms with Crippen LogP contribution in [0, 0.1) is 6.92 Å². The Morgan fingerprint density at radius 3 is 2.42 bits per heavy atom. The van der Waals surface area contributed by atoms with E-state index in [0.29, 0.717) is 6.42 Å². The second kappa shape index (κ2) is 9.84. The third kappa shape index (κ3) is 5.00. The molecular formula is C26H26N2O2S. The van der Waals surface area contributed by atoms with Crippen LogP contribution in [0.3, 0.4) is 0 Å². The molecule has 2 aromatic carbocycles. The summed E-state index contributed by atoms with van der Waals surface area (Å²) in [5.41, 5.74) is 6.67. The Kier molecular flexibility index (Phi) is 6.73. The van der Waals surface area contributed by atoms with Crippen molar-refractivity contribution in [3.05, 3.63) is 83.3 Å². The van der Waals surface area contributed by atoms with Gasteiger partial charge < -0.3 is 5.11 Å². The number of allylic oxidation sites excluding steroid dienone is 2. The van der Waals surface area contributed by atoms with Gasteiger partial charge in [0.25, 0.3) is 0 Å². The number of carbonyl (C=O) groups is 1. The molecule has 1 aromatic heterocycles. The summed E-state index contributed by atoms with van der Waals surface area (Å²) in [7, 11) is 0. The molecule has 0 aliphatic carbocycles. The van der Waals surface area contributed by atoms with Crippen molar-refractivity contribution in [2.75, 3.05) is 0 Å². The first-order chi connectivity index (χ1) is 15.1. The maximum atomic E-state index is 11.0. The van der Waals surface area contributed by atoms with Gasteiger partial charge in [-0.1, -0.05) is 84.1 Å². The standard InChI is InChI=1S/C26H26N2O2S/c1-19-25(21-11-4-2-5-12-21)27-28(26(19)22-13-6-3-7-14-22)23-15-9-8-10-20(18-31-23)16-17-24(29)30/h2-7,11-15,18H,8-10,16-17H2,1H3,(H,29,30)/b20-18+,23-15-. The number of aromatic nitrogens is 2. The molecule has 0 amide bonds. The van der Waals surface area contributed by atoms with Crippen LogP contribution < -0.4 is 0 Å². The topological polar surface area (TPSA) is 55.1 Å². The van der Waals surface area contributed by atoms with Crippen molar-refractivity contribution < 1.29 is 9.90 Å². The summed E-state index contributed by atoms with van der Waals surface area (Å²) < 4.78 is 2.06. The van der Waals surface area contributed by atoms with E-state index in [9.17, 15) is 4.79 Å². The van der Waals surface area contributed by atoms with Crippen LogP contribution in [0.15, 0.2) is 77.7 Å². The number of hydrogen-bond donors (Lipinski definition) is 1. The summed E-state index contributed by atoms with van der Waals surface area (Å²) in [6.45, 7) is 2.14. The molecule has 4 nitrogen and oxygen atoms in total. The molecule has 31 heavy (non-hydrogen) atoms. The molecule has 2 heterocycles. The summed E-state index contributed by atoms with van der Waals surface area (Å²) in [5, 5.41) is 17.3. The van der Waals surface area contributed by atoms with Gasteiger partial charge in [0, 0.05) is 23.1 Å². The lowest BCUT2D eigenvalue weighted by Crippen LogP contribution is -2.01. The van der Waals surface area contributed by atoms with Crippen LogP contribution in [0.4, 0.5) is 0 Å². The zero-order valence-corrected chi connectivity index (χ0v) is 18.4. The largest absolute Gasteiger partial charge is 0.481 e. The Morgan fingerprint density at radius 1 is 1.06 bits per heavy atom. The Bertz CT molecular complexity index is 1120. The minimum atomic E-state index is -0.745. The molecule has 3 aromatic rings. The van der Waals surface area contributed by atoms with Crippen molar-refractivity contribution in [2.45, 2.75) is 39.0 Å². The highest BCUT2D eigenvalue weighted by Crippen LogP contribution is 2.38. The number of thioether (sulfide) groups is 1. The van der Waals surface area contributed by atoms with Crippen LogP contribution in [-0.4, -0.2) is 20.9 Å². The summed E-state index contributed by atoms with van der Waals surface area (Å²) in [6, 6.07) is 20.7. The fourth-order valence-electron chi connectivity index (χ4n) is 3.85. The quantitative estimate of drug-likeness (QED) is 0.458. The van der Waals surface area contributed by atoms with E-state index in [1.54, 1.807) is 11.8 Å². The first kappa shape index (κ1) is 21.2. The van der Waals surface area contributed by atoms with E-state index in [2.05, 4.69) is 59.5 Å². The van der Waals surface area contributed by atoms with E-state index in [4.69, 9.17) is 10.2 Å². The van der Waals surface area contributed by atoms with Crippen molar-refractivity contribution in [1.29, 1.82) is 0 Å². The van der Waals surface area contributed by atoms with E-state index < -0.39 is 5.97 Å². The maximum Gasteiger partial charge on any atom is 0.303 e. The Balaban J connectivity index is 1.77. The second-order valence-corrected chi connectivity index (χ2v) is 8.58. The van der Waals surface area contributed by atoms with Gasteiger partial charge in [-0.2, -0.15) is 5.10 Å². The van der Waals surface area contributed by atoms with Gasteiger partial charge in [0.2, 0.25) is 0 Å². The second-order valence-electron chi connectivity index (χ2n) is 7.69. The average molecular weight is 431 g/mol. The van der Waals surface area contributed by atoms with E-state index >= 15 is 0 Å². The van der Waals surface area contributed by atoms with Crippen LogP contribution >= 0.6 is 11.8 Å². The molecule has 1 aliphatic rings. The van der Waals surface area contributed by atoms with Gasteiger partial charge >= 0.3 is 5.97 Å². The van der Waals surface area contributed by atoms with E-state index in [-0.39, 0.29) is 6.42 Å². The molecule has 4 rings (SSSR count). The number of carboxylic acid groups (broad SMARTS) is 1. The molecule has 0 fully saturated rings. The number of rotatable bonds is 6. The Labute approximate surface area is 187 Å². The van der Waals surface area contributed by atoms with Gasteiger partial charge in [-0.15, -0.1) is 0 Å². The van der Waals surface area contributed by atoms with Gasteiger partial charge in [-0.25, -0.2) is 4.68 Å². The lowest BCUT2D eigenvalue weighted by Gasteiger charge is -2.14. The summed E-state index contributed by atoms with van der Waals surface area (Å²) in [5.74, 6) is -0.745. The molecule has 0 unspecified atom stereocenters. The molecule has 0 spiro atoms. The molecule has 0 bridgehead atoms. The van der Waals surface area contributed by atoms with E-state index in [1.165, 1.54) is 5.57 Å². The van der Waals surface area contributed by atoms with Gasteiger partial charge in [0.1, 0.15) is 0 Å². The minimum Gasteiger partial charge on any atom is -0.481 e. The van der Waals surface area contributed by atoms with E-state index in [1.807, 2.05) is 24.3 Å². The van der Waals surface area contributed by atoms with Gasteiger partial charge in [0.05, 0.1) is 16.4 Å². The van der Waals surface area contributed by atoms with Crippen molar-refractivity contribution in [1.82, 2.24) is 9.78 Å². The van der Waals surface area contributed by atoms with Crippen molar-refractivity contribution >= 4 is 22.8 Å². The SMILES string of the molecule is Cc1c(-c2ccccc2)nn(/C2=C/CCC/C(CCC(=O)O)=C\S2)c1-c1ccccc1. The lowest BCUT2D eigenvalue weighted by molar-refractivity contribution is -0.136. The highest BCUT2D eigenvalue weighted by Gasteiger charge is 2.20. The van der Waals surface area contributed by atoms with E-state index in [0.717, 1.165) is 52.4 Å². The van der Waals surface area contributed by atoms with Crippen LogP contribution in [0.1, 0.15) is 37.7 Å². The number of hydrogen-bond acceptors (Lipinski definition) is 3. The number of aliphatic carboxylic acids is 1. The number of carboxylic acids is 1. The molecule has 158 valence electrons. The summed E-state index contributed by atoms with van der Waals surface area (Å²) in [4.78, 5) is 11.0. The fraction of sp³-hybridized carbons (Fsp3) is 0.231. The van der Waals surface area contributed by atoms with Crippen LogP contribution in [0.5, 0.6) is 0 Å². The van der Waals surface area contributed by atoms with Gasteiger partial charge in [-0.3, -0.25) is 4.79 Å². The third-order valence-electron chi connectivity index (χ3n) is 5.45. The zero-order chi connectivity index (χ0) is 21.6. The van der Waals surface area contributed by atoms with Crippen molar-refractivity contribution in [2.24, 2.45) is 0 Å². The molecule has 0 atom stereocenters. The molecule has 0 radical (unpaired) electrons. The van der Waals surface area contributed by atoms with Crippen LogP contribution in [0.25, 0.3) is 27.5 Å². The highest BCUT2D eigenvalue weighted by molar-refractivity contribution is 8.10. The molecule has 5 heteroatoms. The first-order valence-corrected chi connectivity index (χ1v) is 11.5. The number of nitrogens with zero attached hydrogens (tertiary/aromatic N) is 2. The Hall–Kier alpha value is -3.05. The fourth-order valence-corrected chi connectivity index (χ4v) is 4.82. The van der Waals surface area contributed by atoms with Crippen LogP contribution in [-0.2, 0) is 4.79 Å². The van der Waals surface area contributed by atoms with Crippen molar-refractivity contribution in [3.8, 4) is 22.5 Å². The molecule has 0 saturated heterocycles. The monoisotopic (exact) mass is 430 g/mol. The normalized spacial score (nSPS) is 17.7. The van der Waals surface area contributed by atoms with Crippen LogP contribution in [0.2, 0.25) is 0 Å². The molecule has 0 saturated carbocycles. The highest BCUT2D eigenvalue weighted by atomic mass is 32.2. The third-order valence-corrected chi connectivity index (χ3v) is 6.48. The first-order valence-electron chi connectivity index (χ1n) is 10.6.